The number of hydrogen-bond donors (Lipinski definition) is 1. The third kappa shape index (κ3) is 2.68. The molecule has 1 aromatic heterocycles. The van der Waals surface area contributed by atoms with E-state index in [9.17, 15) is 4.79 Å². The number of hydrogen-bond acceptors (Lipinski definition) is 5. The van der Waals surface area contributed by atoms with Crippen LogP contribution in [0, 0.1) is 0 Å². The average molecular weight is 262 g/mol. The summed E-state index contributed by atoms with van der Waals surface area (Å²) < 4.78 is 5.64. The zero-order valence-electron chi connectivity index (χ0n) is 10.3. The summed E-state index contributed by atoms with van der Waals surface area (Å²) in [4.78, 5) is 15.8. The number of rotatable bonds is 4. The predicted octanol–water partition coefficient (Wildman–Crippen LogP) is 3.28. The first-order valence-corrected chi connectivity index (χ1v) is 6.51. The van der Waals surface area contributed by atoms with Crippen molar-refractivity contribution in [1.29, 1.82) is 0 Å². The zero-order valence-corrected chi connectivity index (χ0v) is 11.1. The van der Waals surface area contributed by atoms with Crippen molar-refractivity contribution >= 4 is 22.8 Å². The van der Waals surface area contributed by atoms with Crippen molar-refractivity contribution in [1.82, 2.24) is 4.98 Å². The Balaban J connectivity index is 2.30. The highest BCUT2D eigenvalue weighted by Gasteiger charge is 2.11. The number of carbonyl (C=O) groups is 1. The highest BCUT2D eigenvalue weighted by molar-refractivity contribution is 7.11. The third-order valence-corrected chi connectivity index (χ3v) is 3.24. The van der Waals surface area contributed by atoms with E-state index in [1.807, 2.05) is 12.3 Å². The summed E-state index contributed by atoms with van der Waals surface area (Å²) in [6.07, 6.45) is 0.862. The van der Waals surface area contributed by atoms with Gasteiger partial charge in [0.05, 0.1) is 11.3 Å². The van der Waals surface area contributed by atoms with Crippen LogP contribution in [0.1, 0.15) is 29.9 Å². The number of thiazole rings is 1. The predicted molar refractivity (Wildman–Crippen MR) is 72.4 cm³/mol. The molecular formula is C13H14N2O2S. The molecule has 0 radical (unpaired) electrons. The fourth-order valence-electron chi connectivity index (χ4n) is 1.50. The van der Waals surface area contributed by atoms with Gasteiger partial charge in [0.25, 0.3) is 5.19 Å². The molecule has 2 N–H and O–H groups in total. The van der Waals surface area contributed by atoms with E-state index in [2.05, 4.69) is 4.98 Å². The maximum absolute atomic E-state index is 11.5. The number of ether oxygens (including phenoxy) is 1. The molecule has 0 aliphatic carbocycles. The summed E-state index contributed by atoms with van der Waals surface area (Å²) >= 11 is 1.42. The van der Waals surface area contributed by atoms with E-state index in [1.165, 1.54) is 18.3 Å². The molecule has 5 heteroatoms. The Morgan fingerprint density at radius 1 is 1.50 bits per heavy atom. The number of nitrogen functional groups attached to an aromatic ring is 1. The van der Waals surface area contributed by atoms with Gasteiger partial charge in [-0.25, -0.2) is 4.98 Å². The van der Waals surface area contributed by atoms with Gasteiger partial charge < -0.3 is 10.5 Å². The Bertz CT molecular complexity index is 578. The number of nitrogens with two attached hydrogens (primary N) is 1. The van der Waals surface area contributed by atoms with Crippen molar-refractivity contribution in [2.24, 2.45) is 0 Å². The summed E-state index contributed by atoms with van der Waals surface area (Å²) in [6.45, 7) is 3.52. The fourth-order valence-corrected chi connectivity index (χ4v) is 2.27. The quantitative estimate of drug-likeness (QED) is 0.678. The first kappa shape index (κ1) is 12.6. The minimum absolute atomic E-state index is 0.0791. The number of benzene rings is 1. The number of anilines is 1. The van der Waals surface area contributed by atoms with Crippen LogP contribution in [-0.2, 0) is 6.42 Å². The molecular weight excluding hydrogens is 248 g/mol. The zero-order chi connectivity index (χ0) is 13.1. The summed E-state index contributed by atoms with van der Waals surface area (Å²) in [5.74, 6) is 0.415. The third-order valence-electron chi connectivity index (χ3n) is 2.47. The Morgan fingerprint density at radius 3 is 2.89 bits per heavy atom. The maximum Gasteiger partial charge on any atom is 0.278 e. The lowest BCUT2D eigenvalue weighted by Gasteiger charge is -2.07. The molecule has 0 bridgehead atoms. The van der Waals surface area contributed by atoms with E-state index in [-0.39, 0.29) is 5.78 Å². The number of Topliss-reactive ketones (excluding diaryl/α,β-unsaturated/α-hetero) is 1. The number of nitrogens with zero attached hydrogens (tertiary/aromatic N) is 1. The molecule has 94 valence electrons. The minimum Gasteiger partial charge on any atom is -0.430 e. The lowest BCUT2D eigenvalue weighted by molar-refractivity contribution is 0.101. The summed E-state index contributed by atoms with van der Waals surface area (Å²) in [5, 5.41) is 2.49. The lowest BCUT2D eigenvalue weighted by Crippen LogP contribution is -1.99. The molecule has 0 amide bonds. The Morgan fingerprint density at radius 2 is 2.28 bits per heavy atom. The molecule has 0 aliphatic heterocycles. The second-order valence-electron chi connectivity index (χ2n) is 3.87. The van der Waals surface area contributed by atoms with Crippen LogP contribution in [0.2, 0.25) is 0 Å². The molecule has 0 spiro atoms. The van der Waals surface area contributed by atoms with Crippen LogP contribution in [0.4, 0.5) is 5.69 Å². The number of aromatic nitrogens is 1. The number of aryl methyl sites for hydroxylation is 1. The van der Waals surface area contributed by atoms with Gasteiger partial charge in [-0.3, -0.25) is 4.79 Å². The topological polar surface area (TPSA) is 65.2 Å². The van der Waals surface area contributed by atoms with Crippen molar-refractivity contribution in [2.75, 3.05) is 5.73 Å². The molecule has 1 heterocycles. The van der Waals surface area contributed by atoms with Crippen molar-refractivity contribution in [3.8, 4) is 10.9 Å². The molecule has 0 fully saturated rings. The second-order valence-corrected chi connectivity index (χ2v) is 4.69. The SMILES string of the molecule is CCc1csc(Oc2ccc(N)cc2C(C)=O)n1. The van der Waals surface area contributed by atoms with Gasteiger partial charge in [-0.15, -0.1) is 0 Å². The molecule has 1 aromatic carbocycles. The smallest absolute Gasteiger partial charge is 0.278 e. The first-order chi connectivity index (χ1) is 8.60. The Kier molecular flexibility index (Phi) is 3.62. The molecule has 0 saturated heterocycles. The van der Waals surface area contributed by atoms with Gasteiger partial charge in [0.2, 0.25) is 0 Å². The van der Waals surface area contributed by atoms with Crippen LogP contribution >= 0.6 is 11.3 Å². The molecule has 0 atom stereocenters. The van der Waals surface area contributed by atoms with Crippen LogP contribution in [0.15, 0.2) is 23.6 Å². The molecule has 4 nitrogen and oxygen atoms in total. The van der Waals surface area contributed by atoms with Crippen LogP contribution in [0.5, 0.6) is 10.9 Å². The second kappa shape index (κ2) is 5.18. The molecule has 2 rings (SSSR count). The Labute approximate surface area is 109 Å². The molecule has 0 saturated carbocycles. The van der Waals surface area contributed by atoms with E-state index in [0.717, 1.165) is 12.1 Å². The van der Waals surface area contributed by atoms with E-state index in [0.29, 0.717) is 22.2 Å². The van der Waals surface area contributed by atoms with Crippen molar-refractivity contribution in [3.63, 3.8) is 0 Å². The van der Waals surface area contributed by atoms with Crippen molar-refractivity contribution < 1.29 is 9.53 Å². The molecule has 18 heavy (non-hydrogen) atoms. The first-order valence-electron chi connectivity index (χ1n) is 5.63. The molecule has 0 aliphatic rings. The van der Waals surface area contributed by atoms with Crippen molar-refractivity contribution in [3.05, 3.63) is 34.8 Å². The summed E-state index contributed by atoms with van der Waals surface area (Å²) in [6, 6.07) is 5.02. The van der Waals surface area contributed by atoms with E-state index < -0.39 is 0 Å². The van der Waals surface area contributed by atoms with Crippen LogP contribution in [0.3, 0.4) is 0 Å². The standard InChI is InChI=1S/C13H14N2O2S/c1-3-10-7-18-13(15-10)17-12-5-4-9(14)6-11(12)8(2)16/h4-7H,3,14H2,1-2H3. The molecule has 0 unspecified atom stereocenters. The van der Waals surface area contributed by atoms with Gasteiger partial charge in [0.15, 0.2) is 5.78 Å². The molecule has 2 aromatic rings. The number of ketones is 1. The van der Waals surface area contributed by atoms with Gasteiger partial charge in [0, 0.05) is 11.1 Å². The van der Waals surface area contributed by atoms with Crippen LogP contribution in [0.25, 0.3) is 0 Å². The Hall–Kier alpha value is -1.88. The summed E-state index contributed by atoms with van der Waals surface area (Å²) in [5.41, 5.74) is 7.66. The largest absolute Gasteiger partial charge is 0.430 e. The van der Waals surface area contributed by atoms with Gasteiger partial charge in [-0.1, -0.05) is 18.3 Å². The maximum atomic E-state index is 11.5. The van der Waals surface area contributed by atoms with Gasteiger partial charge in [-0.05, 0) is 31.5 Å². The van der Waals surface area contributed by atoms with E-state index in [1.54, 1.807) is 18.2 Å². The van der Waals surface area contributed by atoms with Gasteiger partial charge in [-0.2, -0.15) is 0 Å². The van der Waals surface area contributed by atoms with Gasteiger partial charge >= 0.3 is 0 Å². The summed E-state index contributed by atoms with van der Waals surface area (Å²) in [7, 11) is 0. The van der Waals surface area contributed by atoms with Crippen molar-refractivity contribution in [2.45, 2.75) is 20.3 Å². The van der Waals surface area contributed by atoms with Crippen LogP contribution in [-0.4, -0.2) is 10.8 Å². The highest BCUT2D eigenvalue weighted by Crippen LogP contribution is 2.29. The van der Waals surface area contributed by atoms with E-state index >= 15 is 0 Å². The minimum atomic E-state index is -0.0791. The highest BCUT2D eigenvalue weighted by atomic mass is 32.1. The van der Waals surface area contributed by atoms with Gasteiger partial charge in [0.1, 0.15) is 5.75 Å². The number of carbonyl (C=O) groups excluding carboxylic acids is 1. The van der Waals surface area contributed by atoms with Crippen LogP contribution < -0.4 is 10.5 Å². The normalized spacial score (nSPS) is 10.3. The lowest BCUT2D eigenvalue weighted by atomic mass is 10.1. The fraction of sp³-hybridized carbons (Fsp3) is 0.231. The van der Waals surface area contributed by atoms with E-state index in [4.69, 9.17) is 10.5 Å². The monoisotopic (exact) mass is 262 g/mol. The average Bonchev–Trinajstić information content (AvgIpc) is 2.79.